The van der Waals surface area contributed by atoms with Crippen molar-refractivity contribution < 1.29 is 4.39 Å². The number of hydrogen-bond acceptors (Lipinski definition) is 4. The van der Waals surface area contributed by atoms with Crippen LogP contribution in [0.1, 0.15) is 11.1 Å². The van der Waals surface area contributed by atoms with Crippen molar-refractivity contribution in [1.82, 2.24) is 15.3 Å². The lowest BCUT2D eigenvalue weighted by Gasteiger charge is -2.21. The fraction of sp³-hybridized carbons (Fsp3) is 0.286. The van der Waals surface area contributed by atoms with E-state index in [-0.39, 0.29) is 5.82 Å². The Morgan fingerprint density at radius 1 is 1.37 bits per heavy atom. The number of nitrogens with one attached hydrogen (secondary N) is 1. The van der Waals surface area contributed by atoms with Gasteiger partial charge in [0.1, 0.15) is 11.6 Å². The average Bonchev–Trinajstić information content (AvgIpc) is 2.40. The Hall–Kier alpha value is -2.01. The summed E-state index contributed by atoms with van der Waals surface area (Å²) < 4.78 is 13.2. The first kappa shape index (κ1) is 13.4. The number of halogens is 1. The zero-order valence-electron chi connectivity index (χ0n) is 11.1. The molecule has 5 heteroatoms. The molecule has 0 radical (unpaired) electrons. The van der Waals surface area contributed by atoms with Crippen LogP contribution in [0.5, 0.6) is 0 Å². The molecule has 0 unspecified atom stereocenters. The second-order valence-corrected chi connectivity index (χ2v) is 4.38. The van der Waals surface area contributed by atoms with E-state index in [0.29, 0.717) is 13.1 Å². The van der Waals surface area contributed by atoms with Crippen LogP contribution in [-0.4, -0.2) is 24.1 Å². The lowest BCUT2D eigenvalue weighted by Crippen LogP contribution is -2.21. The summed E-state index contributed by atoms with van der Waals surface area (Å²) in [5.41, 5.74) is 1.93. The third-order valence-electron chi connectivity index (χ3n) is 2.78. The van der Waals surface area contributed by atoms with Gasteiger partial charge in [0.15, 0.2) is 0 Å². The van der Waals surface area contributed by atoms with Gasteiger partial charge in [-0.25, -0.2) is 9.37 Å². The van der Waals surface area contributed by atoms with Crippen LogP contribution in [0.25, 0.3) is 0 Å². The summed E-state index contributed by atoms with van der Waals surface area (Å²) in [7, 11) is 3.77. The third kappa shape index (κ3) is 3.48. The summed E-state index contributed by atoms with van der Waals surface area (Å²) in [5, 5.41) is 3.02. The van der Waals surface area contributed by atoms with Crippen LogP contribution in [0.2, 0.25) is 0 Å². The predicted molar refractivity (Wildman–Crippen MR) is 73.3 cm³/mol. The third-order valence-corrected chi connectivity index (χ3v) is 2.78. The van der Waals surface area contributed by atoms with Crippen molar-refractivity contribution >= 4 is 5.82 Å². The minimum atomic E-state index is -0.316. The highest BCUT2D eigenvalue weighted by atomic mass is 19.1. The first-order chi connectivity index (χ1) is 9.20. The van der Waals surface area contributed by atoms with Gasteiger partial charge in [-0.15, -0.1) is 0 Å². The number of rotatable bonds is 5. The zero-order chi connectivity index (χ0) is 13.7. The van der Waals surface area contributed by atoms with Crippen LogP contribution in [0.4, 0.5) is 10.2 Å². The minimum absolute atomic E-state index is 0.316. The van der Waals surface area contributed by atoms with Crippen molar-refractivity contribution in [3.63, 3.8) is 0 Å². The fourth-order valence-corrected chi connectivity index (χ4v) is 1.98. The van der Waals surface area contributed by atoms with Gasteiger partial charge in [-0.05, 0) is 24.7 Å². The maximum absolute atomic E-state index is 13.2. The molecule has 0 saturated carbocycles. The van der Waals surface area contributed by atoms with Crippen LogP contribution in [0.3, 0.4) is 0 Å². The highest BCUT2D eigenvalue weighted by Gasteiger charge is 2.10. The molecule has 0 amide bonds. The predicted octanol–water partition coefficient (Wildman–Crippen LogP) is 1.97. The van der Waals surface area contributed by atoms with Crippen molar-refractivity contribution in [3.8, 4) is 0 Å². The first-order valence-corrected chi connectivity index (χ1v) is 6.09. The molecule has 2 aromatic heterocycles. The van der Waals surface area contributed by atoms with Crippen LogP contribution < -0.4 is 10.2 Å². The van der Waals surface area contributed by atoms with E-state index in [4.69, 9.17) is 0 Å². The summed E-state index contributed by atoms with van der Waals surface area (Å²) in [4.78, 5) is 10.3. The van der Waals surface area contributed by atoms with Crippen molar-refractivity contribution in [2.24, 2.45) is 0 Å². The first-order valence-electron chi connectivity index (χ1n) is 6.09. The smallest absolute Gasteiger partial charge is 0.141 e. The molecule has 19 heavy (non-hydrogen) atoms. The van der Waals surface area contributed by atoms with Gasteiger partial charge in [0.05, 0.1) is 6.20 Å². The quantitative estimate of drug-likeness (QED) is 0.892. The van der Waals surface area contributed by atoms with Crippen molar-refractivity contribution in [2.75, 3.05) is 19.0 Å². The summed E-state index contributed by atoms with van der Waals surface area (Å²) >= 11 is 0. The molecule has 0 bridgehead atoms. The highest BCUT2D eigenvalue weighted by molar-refractivity contribution is 5.46. The number of hydrogen-bond donors (Lipinski definition) is 1. The summed E-state index contributed by atoms with van der Waals surface area (Å²) in [6.07, 6.45) is 4.80. The largest absolute Gasteiger partial charge is 0.355 e. The van der Waals surface area contributed by atoms with E-state index in [1.807, 2.05) is 37.3 Å². The molecule has 2 aromatic rings. The standard InChI is InChI=1S/C14H17FN4/c1-16-8-12-6-13(15)9-18-14(12)19(2)10-11-4-3-5-17-7-11/h3-7,9,16H,8,10H2,1-2H3. The second kappa shape index (κ2) is 6.24. The molecule has 0 fully saturated rings. The van der Waals surface area contributed by atoms with Crippen LogP contribution in [0, 0.1) is 5.82 Å². The lowest BCUT2D eigenvalue weighted by molar-refractivity contribution is 0.615. The molecule has 100 valence electrons. The number of anilines is 1. The Balaban J connectivity index is 2.20. The van der Waals surface area contributed by atoms with Gasteiger partial charge in [-0.1, -0.05) is 6.07 Å². The van der Waals surface area contributed by atoms with E-state index in [1.54, 1.807) is 6.20 Å². The van der Waals surface area contributed by atoms with Gasteiger partial charge >= 0.3 is 0 Å². The van der Waals surface area contributed by atoms with Crippen LogP contribution >= 0.6 is 0 Å². The van der Waals surface area contributed by atoms with Crippen LogP contribution in [0.15, 0.2) is 36.8 Å². The van der Waals surface area contributed by atoms with Gasteiger partial charge in [-0.3, -0.25) is 4.98 Å². The molecule has 2 heterocycles. The van der Waals surface area contributed by atoms with E-state index in [2.05, 4.69) is 15.3 Å². The van der Waals surface area contributed by atoms with E-state index in [9.17, 15) is 4.39 Å². The van der Waals surface area contributed by atoms with Crippen molar-refractivity contribution in [1.29, 1.82) is 0 Å². The van der Waals surface area contributed by atoms with E-state index >= 15 is 0 Å². The van der Waals surface area contributed by atoms with Gasteiger partial charge < -0.3 is 10.2 Å². The Kier molecular flexibility index (Phi) is 4.41. The Bertz CT molecular complexity index is 530. The molecule has 0 spiro atoms. The fourth-order valence-electron chi connectivity index (χ4n) is 1.98. The monoisotopic (exact) mass is 260 g/mol. The Morgan fingerprint density at radius 3 is 2.89 bits per heavy atom. The maximum Gasteiger partial charge on any atom is 0.141 e. The molecular weight excluding hydrogens is 243 g/mol. The molecule has 0 aliphatic carbocycles. The number of aromatic nitrogens is 2. The molecular formula is C14H17FN4. The SMILES string of the molecule is CNCc1cc(F)cnc1N(C)Cc1cccnc1. The van der Waals surface area contributed by atoms with Crippen molar-refractivity contribution in [3.05, 3.63) is 53.7 Å². The average molecular weight is 260 g/mol. The van der Waals surface area contributed by atoms with E-state index in [0.717, 1.165) is 16.9 Å². The summed E-state index contributed by atoms with van der Waals surface area (Å²) in [5.74, 6) is 0.461. The number of pyridine rings is 2. The molecule has 0 saturated heterocycles. The van der Waals surface area contributed by atoms with E-state index < -0.39 is 0 Å². The van der Waals surface area contributed by atoms with Gasteiger partial charge in [0.2, 0.25) is 0 Å². The molecule has 4 nitrogen and oxygen atoms in total. The molecule has 2 rings (SSSR count). The van der Waals surface area contributed by atoms with Gasteiger partial charge in [0, 0.05) is 38.1 Å². The van der Waals surface area contributed by atoms with E-state index in [1.165, 1.54) is 12.3 Å². The second-order valence-electron chi connectivity index (χ2n) is 4.38. The summed E-state index contributed by atoms with van der Waals surface area (Å²) in [6, 6.07) is 5.42. The lowest BCUT2D eigenvalue weighted by atomic mass is 10.2. The Labute approximate surface area is 112 Å². The highest BCUT2D eigenvalue weighted by Crippen LogP contribution is 2.19. The number of nitrogens with zero attached hydrogens (tertiary/aromatic N) is 3. The Morgan fingerprint density at radius 2 is 2.21 bits per heavy atom. The molecule has 0 aromatic carbocycles. The van der Waals surface area contributed by atoms with Crippen LogP contribution in [-0.2, 0) is 13.1 Å². The normalized spacial score (nSPS) is 10.5. The molecule has 0 aliphatic heterocycles. The maximum atomic E-state index is 13.2. The molecule has 0 aliphatic rings. The topological polar surface area (TPSA) is 41.1 Å². The minimum Gasteiger partial charge on any atom is -0.355 e. The van der Waals surface area contributed by atoms with Crippen molar-refractivity contribution in [2.45, 2.75) is 13.1 Å². The zero-order valence-corrected chi connectivity index (χ0v) is 11.1. The van der Waals surface area contributed by atoms with Gasteiger partial charge in [-0.2, -0.15) is 0 Å². The van der Waals surface area contributed by atoms with Gasteiger partial charge in [0.25, 0.3) is 0 Å². The molecule has 0 atom stereocenters. The summed E-state index contributed by atoms with van der Waals surface area (Å²) in [6.45, 7) is 1.26. The molecule has 1 N–H and O–H groups in total.